The minimum atomic E-state index is -0.151. The van der Waals surface area contributed by atoms with Crippen LogP contribution >= 0.6 is 11.3 Å². The fraction of sp³-hybridized carbons (Fsp3) is 0.172. The summed E-state index contributed by atoms with van der Waals surface area (Å²) in [7, 11) is 0. The third-order valence-electron chi connectivity index (χ3n) is 6.74. The number of anilines is 1. The van der Waals surface area contributed by atoms with Crippen molar-refractivity contribution in [3.05, 3.63) is 101 Å². The van der Waals surface area contributed by atoms with Crippen LogP contribution in [0.2, 0.25) is 0 Å². The van der Waals surface area contributed by atoms with Gasteiger partial charge in [0, 0.05) is 16.9 Å². The summed E-state index contributed by atoms with van der Waals surface area (Å²) in [4.78, 5) is 4.90. The predicted octanol–water partition coefficient (Wildman–Crippen LogP) is 7.02. The Labute approximate surface area is 208 Å². The van der Waals surface area contributed by atoms with E-state index in [-0.39, 0.29) is 17.5 Å². The zero-order valence-corrected chi connectivity index (χ0v) is 19.9. The van der Waals surface area contributed by atoms with Crippen LogP contribution in [0, 0.1) is 5.92 Å². The maximum atomic E-state index is 9.95. The van der Waals surface area contributed by atoms with Crippen molar-refractivity contribution in [3.63, 3.8) is 0 Å². The summed E-state index contributed by atoms with van der Waals surface area (Å²) in [5.41, 5.74) is 6.40. The Morgan fingerprint density at radius 2 is 1.69 bits per heavy atom. The van der Waals surface area contributed by atoms with Gasteiger partial charge in [0.15, 0.2) is 11.5 Å². The highest BCUT2D eigenvalue weighted by atomic mass is 32.1. The van der Waals surface area contributed by atoms with Gasteiger partial charge in [0.05, 0.1) is 17.4 Å². The number of fused-ring (bicyclic) bond motifs is 1. The molecule has 1 fully saturated rings. The first-order chi connectivity index (χ1) is 17.2. The molecule has 0 saturated heterocycles. The number of hydrogen-bond donors (Lipinski definition) is 2. The second-order valence-corrected chi connectivity index (χ2v) is 9.82. The van der Waals surface area contributed by atoms with Crippen LogP contribution in [0.4, 0.5) is 5.13 Å². The van der Waals surface area contributed by atoms with Crippen molar-refractivity contribution >= 4 is 28.3 Å². The highest BCUT2D eigenvalue weighted by molar-refractivity contribution is 7.14. The first-order valence-electron chi connectivity index (χ1n) is 11.8. The lowest BCUT2D eigenvalue weighted by molar-refractivity contribution is 0.404. The number of phenols is 2. The van der Waals surface area contributed by atoms with Crippen LogP contribution in [0.5, 0.6) is 11.5 Å². The molecule has 35 heavy (non-hydrogen) atoms. The van der Waals surface area contributed by atoms with E-state index in [9.17, 15) is 10.2 Å². The van der Waals surface area contributed by atoms with Gasteiger partial charge < -0.3 is 10.2 Å². The molecule has 4 aromatic rings. The highest BCUT2D eigenvalue weighted by Crippen LogP contribution is 2.47. The molecule has 6 heteroatoms. The van der Waals surface area contributed by atoms with E-state index < -0.39 is 0 Å². The smallest absolute Gasteiger partial charge is 0.207 e. The quantitative estimate of drug-likeness (QED) is 0.309. The van der Waals surface area contributed by atoms with Crippen molar-refractivity contribution in [2.24, 2.45) is 11.0 Å². The molecular weight excluding hydrogens is 454 g/mol. The SMILES string of the molecule is Oc1ccc(-c2csc(N3N=C4/C(=C/c5ccccc5)CCC[C@H]4[C@H]3c3ccccc3)n2)cc1O. The third kappa shape index (κ3) is 4.10. The number of benzene rings is 3. The Morgan fingerprint density at radius 1 is 0.914 bits per heavy atom. The van der Waals surface area contributed by atoms with Gasteiger partial charge in [0.25, 0.3) is 0 Å². The summed E-state index contributed by atoms with van der Waals surface area (Å²) in [5, 5.41) is 29.7. The van der Waals surface area contributed by atoms with Gasteiger partial charge in [-0.3, -0.25) is 0 Å². The van der Waals surface area contributed by atoms with E-state index in [4.69, 9.17) is 10.1 Å². The van der Waals surface area contributed by atoms with Crippen LogP contribution in [-0.4, -0.2) is 20.9 Å². The summed E-state index contributed by atoms with van der Waals surface area (Å²) in [6, 6.07) is 25.9. The number of allylic oxidation sites excluding steroid dienone is 1. The number of thiazole rings is 1. The molecule has 1 aliphatic carbocycles. The fourth-order valence-corrected chi connectivity index (χ4v) is 5.90. The van der Waals surface area contributed by atoms with Crippen LogP contribution in [0.15, 0.2) is 94.9 Å². The first-order valence-corrected chi connectivity index (χ1v) is 12.7. The molecule has 2 aliphatic rings. The van der Waals surface area contributed by atoms with E-state index in [1.165, 1.54) is 22.8 Å². The first kappa shape index (κ1) is 21.6. The summed E-state index contributed by atoms with van der Waals surface area (Å²) >= 11 is 1.54. The van der Waals surface area contributed by atoms with E-state index in [1.807, 2.05) is 17.5 Å². The largest absolute Gasteiger partial charge is 0.504 e. The number of hydrazone groups is 1. The van der Waals surface area contributed by atoms with Crippen LogP contribution in [0.1, 0.15) is 36.4 Å². The number of aromatic hydroxyl groups is 2. The molecule has 3 aromatic carbocycles. The van der Waals surface area contributed by atoms with Crippen molar-refractivity contribution in [2.45, 2.75) is 25.3 Å². The number of aromatic nitrogens is 1. The number of nitrogens with zero attached hydrogens (tertiary/aromatic N) is 3. The lowest BCUT2D eigenvalue weighted by atomic mass is 9.77. The zero-order valence-electron chi connectivity index (χ0n) is 19.1. The number of rotatable bonds is 4. The molecule has 174 valence electrons. The van der Waals surface area contributed by atoms with Crippen molar-refractivity contribution in [2.75, 3.05) is 5.01 Å². The Hall–Kier alpha value is -3.90. The molecule has 0 spiro atoms. The fourth-order valence-electron chi connectivity index (χ4n) is 5.08. The summed E-state index contributed by atoms with van der Waals surface area (Å²) in [6.45, 7) is 0. The number of hydrogen-bond acceptors (Lipinski definition) is 6. The van der Waals surface area contributed by atoms with Crippen LogP contribution in [-0.2, 0) is 0 Å². The molecule has 0 unspecified atom stereocenters. The van der Waals surface area contributed by atoms with Gasteiger partial charge >= 0.3 is 0 Å². The second kappa shape index (κ2) is 9.04. The van der Waals surface area contributed by atoms with Gasteiger partial charge in [-0.15, -0.1) is 11.3 Å². The van der Waals surface area contributed by atoms with Gasteiger partial charge in [-0.1, -0.05) is 60.7 Å². The van der Waals surface area contributed by atoms with Crippen LogP contribution in [0.3, 0.4) is 0 Å². The summed E-state index contributed by atoms with van der Waals surface area (Å²) in [5.74, 6) is 0.00890. The zero-order chi connectivity index (χ0) is 23.8. The van der Waals surface area contributed by atoms with Crippen LogP contribution in [0.25, 0.3) is 17.3 Å². The van der Waals surface area contributed by atoms with Gasteiger partial charge in [-0.2, -0.15) is 5.10 Å². The Bertz CT molecular complexity index is 1410. The Balaban J connectivity index is 1.42. The van der Waals surface area contributed by atoms with Crippen molar-refractivity contribution < 1.29 is 10.2 Å². The van der Waals surface area contributed by atoms with E-state index in [2.05, 4.69) is 59.6 Å². The van der Waals surface area contributed by atoms with Gasteiger partial charge in [-0.05, 0) is 60.2 Å². The van der Waals surface area contributed by atoms with Crippen LogP contribution < -0.4 is 5.01 Å². The summed E-state index contributed by atoms with van der Waals surface area (Å²) < 4.78 is 0. The third-order valence-corrected chi connectivity index (χ3v) is 7.57. The Kier molecular flexibility index (Phi) is 5.58. The molecule has 1 saturated carbocycles. The average molecular weight is 480 g/mol. The van der Waals surface area contributed by atoms with Crippen molar-refractivity contribution in [1.29, 1.82) is 0 Å². The second-order valence-electron chi connectivity index (χ2n) is 8.98. The van der Waals surface area contributed by atoms with E-state index in [1.54, 1.807) is 23.5 Å². The number of phenolic OH excluding ortho intramolecular Hbond substituents is 2. The molecule has 0 bridgehead atoms. The molecule has 5 nitrogen and oxygen atoms in total. The standard InChI is InChI=1S/C29H25N3O2S/c33-25-15-14-21(17-26(25)34)24-18-35-29(30-24)32-28(20-10-5-2-6-11-20)23-13-7-12-22(27(23)31-32)16-19-8-3-1-4-9-19/h1-6,8-11,14-18,23,28,33-34H,7,12-13H2/b22-16+/t23-,28-/m1/s1. The molecule has 1 aliphatic heterocycles. The van der Waals surface area contributed by atoms with Gasteiger partial charge in [0.2, 0.25) is 5.13 Å². The minimum absolute atomic E-state index is 0.0814. The Morgan fingerprint density at radius 3 is 2.46 bits per heavy atom. The molecule has 2 heterocycles. The molecule has 1 aromatic heterocycles. The van der Waals surface area contributed by atoms with E-state index in [0.717, 1.165) is 41.4 Å². The van der Waals surface area contributed by atoms with E-state index in [0.29, 0.717) is 5.92 Å². The molecule has 0 radical (unpaired) electrons. The molecule has 2 N–H and O–H groups in total. The maximum absolute atomic E-state index is 9.95. The lowest BCUT2D eigenvalue weighted by Gasteiger charge is -2.29. The maximum Gasteiger partial charge on any atom is 0.207 e. The van der Waals surface area contributed by atoms with Gasteiger partial charge in [0.1, 0.15) is 0 Å². The van der Waals surface area contributed by atoms with E-state index >= 15 is 0 Å². The molecule has 6 rings (SSSR count). The molecular formula is C29H25N3O2S. The summed E-state index contributed by atoms with van der Waals surface area (Å²) in [6.07, 6.45) is 5.53. The molecule has 0 amide bonds. The van der Waals surface area contributed by atoms with Crippen molar-refractivity contribution in [1.82, 2.24) is 4.98 Å². The minimum Gasteiger partial charge on any atom is -0.504 e. The monoisotopic (exact) mass is 479 g/mol. The highest BCUT2D eigenvalue weighted by Gasteiger charge is 2.42. The van der Waals surface area contributed by atoms with Crippen molar-refractivity contribution in [3.8, 4) is 22.8 Å². The average Bonchev–Trinajstić information content (AvgIpc) is 3.53. The lowest BCUT2D eigenvalue weighted by Crippen LogP contribution is -2.28. The normalized spacial score (nSPS) is 20.6. The predicted molar refractivity (Wildman–Crippen MR) is 142 cm³/mol. The molecule has 2 atom stereocenters. The van der Waals surface area contributed by atoms with Gasteiger partial charge in [-0.25, -0.2) is 9.99 Å². The topological polar surface area (TPSA) is 69.0 Å².